The molecule has 0 radical (unpaired) electrons. The van der Waals surface area contributed by atoms with E-state index in [2.05, 4.69) is 0 Å². The molecular weight excluding hydrogens is 297 g/mol. The molecule has 1 amide bonds. The smallest absolute Gasteiger partial charge is 0.263 e. The fourth-order valence-corrected chi connectivity index (χ4v) is 4.09. The maximum absolute atomic E-state index is 12.8. The van der Waals surface area contributed by atoms with Crippen LogP contribution >= 0.6 is 0 Å². The van der Waals surface area contributed by atoms with Gasteiger partial charge in [-0.15, -0.1) is 0 Å². The number of carbonyl (C=O) groups excluding carboxylic acids is 1. The molecule has 1 fully saturated rings. The van der Waals surface area contributed by atoms with E-state index in [-0.39, 0.29) is 29.3 Å². The minimum absolute atomic E-state index is 0.00148. The summed E-state index contributed by atoms with van der Waals surface area (Å²) in [6.45, 7) is 1.59. The molecule has 1 aromatic rings. The van der Waals surface area contributed by atoms with Gasteiger partial charge in [-0.1, -0.05) is 0 Å². The van der Waals surface area contributed by atoms with E-state index in [1.54, 1.807) is 14.0 Å². The van der Waals surface area contributed by atoms with E-state index in [4.69, 9.17) is 4.74 Å². The molecule has 0 bridgehead atoms. The van der Waals surface area contributed by atoms with Gasteiger partial charge in [0.25, 0.3) is 5.91 Å². The number of nitrogens with zero attached hydrogens (tertiary/aromatic N) is 1. The maximum Gasteiger partial charge on any atom is 0.263 e. The summed E-state index contributed by atoms with van der Waals surface area (Å²) in [4.78, 5) is 13.7. The molecule has 7 heteroatoms. The quantitative estimate of drug-likeness (QED) is 0.838. The van der Waals surface area contributed by atoms with Gasteiger partial charge in [-0.2, -0.15) is 0 Å². The van der Waals surface area contributed by atoms with E-state index in [0.717, 1.165) is 0 Å². The second-order valence-electron chi connectivity index (χ2n) is 5.22. The number of rotatable bonds is 4. The van der Waals surface area contributed by atoms with Crippen molar-refractivity contribution in [3.05, 3.63) is 30.1 Å². The van der Waals surface area contributed by atoms with E-state index in [9.17, 15) is 17.6 Å². The highest BCUT2D eigenvalue weighted by atomic mass is 32.2. The molecule has 1 heterocycles. The average molecular weight is 315 g/mol. The first-order valence-electron chi connectivity index (χ1n) is 6.68. The SMILES string of the molecule is C[C@@H](Oc1ccc(F)cc1)C(=O)N(C)[C@H]1CCS(=O)(=O)C1. The lowest BCUT2D eigenvalue weighted by Crippen LogP contribution is -2.44. The molecule has 0 spiro atoms. The first-order valence-corrected chi connectivity index (χ1v) is 8.50. The Kier molecular flexibility index (Phi) is 4.51. The summed E-state index contributed by atoms with van der Waals surface area (Å²) in [5.41, 5.74) is 0. The number of sulfone groups is 1. The van der Waals surface area contributed by atoms with Gasteiger partial charge in [0.05, 0.1) is 11.5 Å². The van der Waals surface area contributed by atoms with Crippen LogP contribution in [0.4, 0.5) is 4.39 Å². The summed E-state index contributed by atoms with van der Waals surface area (Å²) in [6, 6.07) is 5.08. The van der Waals surface area contributed by atoms with E-state index in [1.807, 2.05) is 0 Å². The number of benzene rings is 1. The minimum Gasteiger partial charge on any atom is -0.481 e. The van der Waals surface area contributed by atoms with Crippen LogP contribution in [0.1, 0.15) is 13.3 Å². The first-order chi connectivity index (χ1) is 9.78. The molecule has 5 nitrogen and oxygen atoms in total. The summed E-state index contributed by atoms with van der Waals surface area (Å²) in [6.07, 6.45) is -0.308. The molecule has 21 heavy (non-hydrogen) atoms. The zero-order chi connectivity index (χ0) is 15.6. The molecule has 1 aliphatic heterocycles. The molecule has 0 aromatic heterocycles. The van der Waals surface area contributed by atoms with Crippen LogP contribution < -0.4 is 4.74 Å². The number of carbonyl (C=O) groups is 1. The minimum atomic E-state index is -3.04. The van der Waals surface area contributed by atoms with Gasteiger partial charge in [0.2, 0.25) is 0 Å². The maximum atomic E-state index is 12.8. The predicted molar refractivity (Wildman–Crippen MR) is 76.3 cm³/mol. The summed E-state index contributed by atoms with van der Waals surface area (Å²) < 4.78 is 41.2. The summed E-state index contributed by atoms with van der Waals surface area (Å²) in [5.74, 6) is -0.165. The predicted octanol–water partition coefficient (Wildman–Crippen LogP) is 1.24. The van der Waals surface area contributed by atoms with Gasteiger partial charge in [0.1, 0.15) is 11.6 Å². The van der Waals surface area contributed by atoms with Crippen LogP contribution in [0, 0.1) is 5.82 Å². The molecule has 1 aliphatic rings. The van der Waals surface area contributed by atoms with Crippen molar-refractivity contribution in [3.8, 4) is 5.75 Å². The van der Waals surface area contributed by atoms with E-state index < -0.39 is 15.9 Å². The van der Waals surface area contributed by atoms with Crippen LogP contribution in [-0.4, -0.2) is 49.9 Å². The lowest BCUT2D eigenvalue weighted by Gasteiger charge is -2.26. The van der Waals surface area contributed by atoms with Crippen molar-refractivity contribution in [1.82, 2.24) is 4.90 Å². The van der Waals surface area contributed by atoms with Gasteiger partial charge >= 0.3 is 0 Å². The summed E-state index contributed by atoms with van der Waals surface area (Å²) >= 11 is 0. The normalized spacial score (nSPS) is 21.8. The Morgan fingerprint density at radius 2 is 2.00 bits per heavy atom. The van der Waals surface area contributed by atoms with Crippen LogP contribution in [0.5, 0.6) is 5.75 Å². The third kappa shape index (κ3) is 3.93. The number of amides is 1. The number of ether oxygens (including phenoxy) is 1. The van der Waals surface area contributed by atoms with Crippen LogP contribution in [-0.2, 0) is 14.6 Å². The van der Waals surface area contributed by atoms with Gasteiger partial charge in [0.15, 0.2) is 15.9 Å². The number of likely N-dealkylation sites (N-methyl/N-ethyl adjacent to an activating group) is 1. The molecule has 1 saturated heterocycles. The number of hydrogen-bond acceptors (Lipinski definition) is 4. The Morgan fingerprint density at radius 3 is 2.52 bits per heavy atom. The number of hydrogen-bond donors (Lipinski definition) is 0. The molecule has 2 rings (SSSR count). The van der Waals surface area contributed by atoms with Crippen molar-refractivity contribution in [1.29, 1.82) is 0 Å². The highest BCUT2D eigenvalue weighted by molar-refractivity contribution is 7.91. The fourth-order valence-electron chi connectivity index (χ4n) is 2.32. The van der Waals surface area contributed by atoms with E-state index >= 15 is 0 Å². The Bertz CT molecular complexity index is 614. The monoisotopic (exact) mass is 315 g/mol. The zero-order valence-electron chi connectivity index (χ0n) is 12.0. The van der Waals surface area contributed by atoms with Crippen molar-refractivity contribution in [2.75, 3.05) is 18.6 Å². The molecule has 0 aliphatic carbocycles. The van der Waals surface area contributed by atoms with E-state index in [1.165, 1.54) is 29.2 Å². The topological polar surface area (TPSA) is 63.7 Å². The second-order valence-corrected chi connectivity index (χ2v) is 7.45. The lowest BCUT2D eigenvalue weighted by atomic mass is 10.2. The van der Waals surface area contributed by atoms with E-state index in [0.29, 0.717) is 12.2 Å². The van der Waals surface area contributed by atoms with Crippen molar-refractivity contribution >= 4 is 15.7 Å². The first kappa shape index (κ1) is 15.8. The number of halogens is 1. The van der Waals surface area contributed by atoms with Crippen molar-refractivity contribution < 1.29 is 22.3 Å². The third-order valence-electron chi connectivity index (χ3n) is 3.58. The molecule has 2 atom stereocenters. The van der Waals surface area contributed by atoms with Gasteiger partial charge in [-0.3, -0.25) is 4.79 Å². The molecular formula is C14H18FNO4S. The van der Waals surface area contributed by atoms with Gasteiger partial charge < -0.3 is 9.64 Å². The van der Waals surface area contributed by atoms with Crippen LogP contribution in [0.3, 0.4) is 0 Å². The lowest BCUT2D eigenvalue weighted by molar-refractivity contribution is -0.138. The molecule has 1 aromatic carbocycles. The van der Waals surface area contributed by atoms with Gasteiger partial charge in [-0.25, -0.2) is 12.8 Å². The third-order valence-corrected chi connectivity index (χ3v) is 5.33. The average Bonchev–Trinajstić information content (AvgIpc) is 2.80. The fraction of sp³-hybridized carbons (Fsp3) is 0.500. The molecule has 0 unspecified atom stereocenters. The second kappa shape index (κ2) is 6.01. The van der Waals surface area contributed by atoms with Crippen LogP contribution in [0.2, 0.25) is 0 Å². The summed E-state index contributed by atoms with van der Waals surface area (Å²) in [7, 11) is -1.46. The highest BCUT2D eigenvalue weighted by Gasteiger charge is 2.34. The molecule has 116 valence electrons. The van der Waals surface area contributed by atoms with Crippen molar-refractivity contribution in [2.45, 2.75) is 25.5 Å². The largest absolute Gasteiger partial charge is 0.481 e. The van der Waals surface area contributed by atoms with Crippen LogP contribution in [0.15, 0.2) is 24.3 Å². The van der Waals surface area contributed by atoms with Gasteiger partial charge in [-0.05, 0) is 37.6 Å². The Hall–Kier alpha value is -1.63. The Morgan fingerprint density at radius 1 is 1.38 bits per heavy atom. The Labute approximate surface area is 123 Å². The van der Waals surface area contributed by atoms with Crippen molar-refractivity contribution in [2.24, 2.45) is 0 Å². The highest BCUT2D eigenvalue weighted by Crippen LogP contribution is 2.19. The van der Waals surface area contributed by atoms with Crippen LogP contribution in [0.25, 0.3) is 0 Å². The standard InChI is InChI=1S/C14H18FNO4S/c1-10(20-13-5-3-11(15)4-6-13)14(17)16(2)12-7-8-21(18,19)9-12/h3-6,10,12H,7-9H2,1-2H3/t10-,12+/m1/s1. The van der Waals surface area contributed by atoms with Crippen molar-refractivity contribution in [3.63, 3.8) is 0 Å². The van der Waals surface area contributed by atoms with Gasteiger partial charge in [0, 0.05) is 13.1 Å². The molecule has 0 saturated carbocycles. The Balaban J connectivity index is 1.97. The zero-order valence-corrected chi connectivity index (χ0v) is 12.8. The molecule has 0 N–H and O–H groups in total. The summed E-state index contributed by atoms with van der Waals surface area (Å²) in [5, 5.41) is 0.